The molecule has 0 atom stereocenters. The molecule has 0 aliphatic rings. The summed E-state index contributed by atoms with van der Waals surface area (Å²) in [5, 5.41) is 2.14. The van der Waals surface area contributed by atoms with Gasteiger partial charge >= 0.3 is 5.78 Å². The molecule has 0 bridgehead atoms. The third-order valence-electron chi connectivity index (χ3n) is 6.56. The molecule has 0 amide bonds. The van der Waals surface area contributed by atoms with Crippen LogP contribution >= 0.6 is 0 Å². The van der Waals surface area contributed by atoms with E-state index in [4.69, 9.17) is 8.83 Å². The molecule has 26 heavy (non-hydrogen) atoms. The van der Waals surface area contributed by atoms with Crippen molar-refractivity contribution in [3.05, 3.63) is 54.7 Å². The summed E-state index contributed by atoms with van der Waals surface area (Å²) in [5.41, 5.74) is 10.3. The molecule has 2 heterocycles. The molecule has 0 fully saturated rings. The normalized spacial score (nSPS) is 12.0. The van der Waals surface area contributed by atoms with Gasteiger partial charge < -0.3 is 8.83 Å². The van der Waals surface area contributed by atoms with Crippen molar-refractivity contribution in [2.24, 2.45) is 0 Å². The van der Waals surface area contributed by atoms with Gasteiger partial charge in [-0.2, -0.15) is 0 Å². The third-order valence-corrected chi connectivity index (χ3v) is 6.56. The molecule has 3 nitrogen and oxygen atoms in total. The van der Waals surface area contributed by atoms with Gasteiger partial charge in [0.2, 0.25) is 5.43 Å². The Kier molecular flexibility index (Phi) is 3.40. The molecule has 2 aromatic carbocycles. The highest BCUT2D eigenvalue weighted by Crippen LogP contribution is 2.38. The Morgan fingerprint density at radius 2 is 0.846 bits per heavy atom. The van der Waals surface area contributed by atoms with Crippen molar-refractivity contribution in [2.45, 2.75) is 55.4 Å². The van der Waals surface area contributed by atoms with Gasteiger partial charge in [-0.05, 0) is 99.9 Å². The lowest BCUT2D eigenvalue weighted by Gasteiger charge is -2.12. The molecule has 0 N–H and O–H groups in total. The molecule has 0 radical (unpaired) electrons. The summed E-state index contributed by atoms with van der Waals surface area (Å²) in [6.07, 6.45) is 0. The average Bonchev–Trinajstić information content (AvgIpc) is 3.01. The quantitative estimate of drug-likeness (QED) is 0.382. The van der Waals surface area contributed by atoms with Crippen LogP contribution in [0, 0.1) is 55.4 Å². The SMILES string of the molecule is Cc1c(C)c(C)c2c(=O)c3c(oc2c1C)oc1c(C)c(C)c(C)c(C)c13. The number of fused-ring (bicyclic) bond motifs is 4. The van der Waals surface area contributed by atoms with Crippen molar-refractivity contribution in [2.75, 3.05) is 0 Å². The molecule has 0 saturated heterocycles. The second kappa shape index (κ2) is 5.23. The van der Waals surface area contributed by atoms with Crippen LogP contribution in [0.4, 0.5) is 0 Å². The van der Waals surface area contributed by atoms with Crippen LogP contribution in [0.1, 0.15) is 44.5 Å². The van der Waals surface area contributed by atoms with Crippen molar-refractivity contribution in [1.82, 2.24) is 0 Å². The van der Waals surface area contributed by atoms with Gasteiger partial charge in [0.1, 0.15) is 16.6 Å². The first-order valence-corrected chi connectivity index (χ1v) is 9.02. The number of aryl methyl sites for hydroxylation is 4. The van der Waals surface area contributed by atoms with Gasteiger partial charge in [-0.15, -0.1) is 0 Å². The Labute approximate surface area is 152 Å². The van der Waals surface area contributed by atoms with Gasteiger partial charge in [0, 0.05) is 5.39 Å². The molecular weight excluding hydrogens is 324 g/mol. The highest BCUT2D eigenvalue weighted by atomic mass is 16.5. The van der Waals surface area contributed by atoms with E-state index in [1.54, 1.807) is 0 Å². The van der Waals surface area contributed by atoms with Crippen LogP contribution < -0.4 is 5.43 Å². The number of benzene rings is 2. The maximum Gasteiger partial charge on any atom is 0.302 e. The van der Waals surface area contributed by atoms with Crippen LogP contribution in [0.25, 0.3) is 33.1 Å². The van der Waals surface area contributed by atoms with Gasteiger partial charge in [-0.3, -0.25) is 4.79 Å². The van der Waals surface area contributed by atoms with Crippen LogP contribution in [-0.4, -0.2) is 0 Å². The summed E-state index contributed by atoms with van der Waals surface area (Å²) in [7, 11) is 0. The molecule has 0 aliphatic heterocycles. The highest BCUT2D eigenvalue weighted by molar-refractivity contribution is 6.10. The molecule has 4 rings (SSSR count). The van der Waals surface area contributed by atoms with Gasteiger partial charge in [-0.1, -0.05) is 0 Å². The molecule has 134 valence electrons. The Balaban J connectivity index is 2.40. The lowest BCUT2D eigenvalue weighted by atomic mass is 9.92. The molecule has 3 heteroatoms. The Morgan fingerprint density at radius 1 is 0.462 bits per heavy atom. The molecule has 0 aliphatic carbocycles. The minimum Gasteiger partial charge on any atom is -0.424 e. The number of rotatable bonds is 0. The van der Waals surface area contributed by atoms with Gasteiger partial charge in [-0.25, -0.2) is 0 Å². The zero-order chi connectivity index (χ0) is 19.1. The molecule has 2 aromatic heterocycles. The summed E-state index contributed by atoms with van der Waals surface area (Å²) in [6, 6.07) is 0. The summed E-state index contributed by atoms with van der Waals surface area (Å²) in [6.45, 7) is 16.4. The minimum absolute atomic E-state index is 0.00875. The van der Waals surface area contributed by atoms with Gasteiger partial charge in [0.15, 0.2) is 0 Å². The molecule has 0 unspecified atom stereocenters. The lowest BCUT2D eigenvalue weighted by molar-refractivity contribution is 0.516. The fraction of sp³-hybridized carbons (Fsp3) is 0.348. The van der Waals surface area contributed by atoms with E-state index < -0.39 is 0 Å². The van der Waals surface area contributed by atoms with Crippen molar-refractivity contribution in [3.8, 4) is 0 Å². The minimum atomic E-state index is 0.00875. The van der Waals surface area contributed by atoms with Gasteiger partial charge in [0.05, 0.1) is 5.39 Å². The number of hydrogen-bond acceptors (Lipinski definition) is 3. The summed E-state index contributed by atoms with van der Waals surface area (Å²) >= 11 is 0. The maximum atomic E-state index is 13.5. The standard InChI is InChI=1S/C23H24O3/c1-9-11(3)15(7)21-17(13(9)5)19-20(24)18-14(6)10(2)12(4)16(8)22(18)26-23(19)25-21/h1-8H3. The van der Waals surface area contributed by atoms with E-state index in [0.29, 0.717) is 22.1 Å². The zero-order valence-corrected chi connectivity index (χ0v) is 16.7. The largest absolute Gasteiger partial charge is 0.424 e. The molecule has 4 aromatic rings. The second-order valence-electron chi connectivity index (χ2n) is 7.60. The van der Waals surface area contributed by atoms with E-state index in [1.807, 2.05) is 20.8 Å². The second-order valence-corrected chi connectivity index (χ2v) is 7.60. The highest BCUT2D eigenvalue weighted by Gasteiger charge is 2.23. The van der Waals surface area contributed by atoms with Crippen LogP contribution in [0.5, 0.6) is 0 Å². The van der Waals surface area contributed by atoms with Crippen molar-refractivity contribution < 1.29 is 8.83 Å². The van der Waals surface area contributed by atoms with Crippen LogP contribution in [0.2, 0.25) is 0 Å². The first-order chi connectivity index (χ1) is 12.2. The number of hydrogen-bond donors (Lipinski definition) is 0. The smallest absolute Gasteiger partial charge is 0.302 e. The maximum absolute atomic E-state index is 13.5. The predicted octanol–water partition coefficient (Wildman–Crippen LogP) is 6.16. The monoisotopic (exact) mass is 348 g/mol. The van der Waals surface area contributed by atoms with E-state index in [1.165, 1.54) is 11.1 Å². The van der Waals surface area contributed by atoms with Crippen molar-refractivity contribution in [3.63, 3.8) is 0 Å². The van der Waals surface area contributed by atoms with Crippen molar-refractivity contribution >= 4 is 33.1 Å². The van der Waals surface area contributed by atoms with Crippen LogP contribution in [0.3, 0.4) is 0 Å². The van der Waals surface area contributed by atoms with E-state index in [-0.39, 0.29) is 5.43 Å². The zero-order valence-electron chi connectivity index (χ0n) is 16.7. The average molecular weight is 348 g/mol. The van der Waals surface area contributed by atoms with E-state index in [0.717, 1.165) is 44.3 Å². The molecular formula is C23H24O3. The fourth-order valence-electron chi connectivity index (χ4n) is 4.13. The summed E-state index contributed by atoms with van der Waals surface area (Å²) < 4.78 is 12.3. The van der Waals surface area contributed by atoms with Crippen LogP contribution in [0.15, 0.2) is 13.6 Å². The third kappa shape index (κ3) is 1.86. The summed E-state index contributed by atoms with van der Waals surface area (Å²) in [4.78, 5) is 13.5. The number of furan rings is 1. The molecule has 0 saturated carbocycles. The van der Waals surface area contributed by atoms with E-state index in [2.05, 4.69) is 34.6 Å². The van der Waals surface area contributed by atoms with E-state index >= 15 is 0 Å². The lowest BCUT2D eigenvalue weighted by Crippen LogP contribution is -2.07. The Morgan fingerprint density at radius 3 is 1.35 bits per heavy atom. The van der Waals surface area contributed by atoms with E-state index in [9.17, 15) is 4.79 Å². The first kappa shape index (κ1) is 16.9. The Bertz CT molecular complexity index is 1310. The molecule has 0 spiro atoms. The topological polar surface area (TPSA) is 43.4 Å². The van der Waals surface area contributed by atoms with Crippen molar-refractivity contribution in [1.29, 1.82) is 0 Å². The van der Waals surface area contributed by atoms with Gasteiger partial charge in [0.25, 0.3) is 0 Å². The predicted molar refractivity (Wildman–Crippen MR) is 108 cm³/mol. The first-order valence-electron chi connectivity index (χ1n) is 9.02. The Hall–Kier alpha value is -2.55. The van der Waals surface area contributed by atoms with Crippen LogP contribution in [-0.2, 0) is 0 Å². The summed E-state index contributed by atoms with van der Waals surface area (Å²) in [5.74, 6) is 0.333. The fourth-order valence-corrected chi connectivity index (χ4v) is 4.13.